The lowest BCUT2D eigenvalue weighted by molar-refractivity contribution is 0.558. The van der Waals surface area contributed by atoms with Crippen LogP contribution in [-0.2, 0) is 5.41 Å². The second-order valence-electron chi connectivity index (χ2n) is 9.41. The number of allylic oxidation sites excluding steroid dienone is 5. The fourth-order valence-electron chi connectivity index (χ4n) is 5.07. The van der Waals surface area contributed by atoms with Gasteiger partial charge in [-0.1, -0.05) is 62.8 Å². The summed E-state index contributed by atoms with van der Waals surface area (Å²) < 4.78 is 0. The summed E-state index contributed by atoms with van der Waals surface area (Å²) in [6.07, 6.45) is 9.80. The van der Waals surface area contributed by atoms with Gasteiger partial charge in [0.2, 0.25) is 0 Å². The summed E-state index contributed by atoms with van der Waals surface area (Å²) in [4.78, 5) is 4.99. The topological polar surface area (TPSA) is 12.9 Å². The summed E-state index contributed by atoms with van der Waals surface area (Å²) in [7, 11) is 0. The molecule has 2 bridgehead atoms. The summed E-state index contributed by atoms with van der Waals surface area (Å²) >= 11 is 0. The number of aromatic nitrogens is 1. The van der Waals surface area contributed by atoms with E-state index in [1.165, 1.54) is 42.2 Å². The summed E-state index contributed by atoms with van der Waals surface area (Å²) in [6, 6.07) is 10.9. The summed E-state index contributed by atoms with van der Waals surface area (Å²) in [5.41, 5.74) is 7.80. The van der Waals surface area contributed by atoms with Crippen LogP contribution in [-0.4, -0.2) is 4.98 Å². The molecule has 0 N–H and O–H groups in total. The molecule has 0 amide bonds. The first-order valence-electron chi connectivity index (χ1n) is 10.3. The minimum absolute atomic E-state index is 0.114. The van der Waals surface area contributed by atoms with Crippen molar-refractivity contribution in [2.75, 3.05) is 0 Å². The number of nitrogens with zero attached hydrogens (tertiary/aromatic N) is 1. The van der Waals surface area contributed by atoms with Crippen LogP contribution in [0.1, 0.15) is 64.6 Å². The maximum Gasteiger partial charge on any atom is 0.0712 e. The normalized spacial score (nSPS) is 24.5. The van der Waals surface area contributed by atoms with Crippen LogP contribution in [0.4, 0.5) is 0 Å². The molecule has 27 heavy (non-hydrogen) atoms. The molecule has 0 radical (unpaired) electrons. The van der Waals surface area contributed by atoms with Gasteiger partial charge in [-0.25, -0.2) is 4.98 Å². The van der Waals surface area contributed by atoms with E-state index in [0.717, 1.165) is 28.6 Å². The molecule has 4 rings (SSSR count). The minimum Gasteiger partial charge on any atom is -0.248 e. The predicted molar refractivity (Wildman–Crippen MR) is 117 cm³/mol. The first kappa shape index (κ1) is 18.2. The quantitative estimate of drug-likeness (QED) is 0.528. The van der Waals surface area contributed by atoms with Crippen LogP contribution < -0.4 is 0 Å². The lowest BCUT2D eigenvalue weighted by Gasteiger charge is -2.21. The Hall–Kier alpha value is -2.15. The molecule has 2 atom stereocenters. The molecule has 1 heteroatoms. The van der Waals surface area contributed by atoms with Gasteiger partial charge in [0.15, 0.2) is 0 Å². The fraction of sp³-hybridized carbons (Fsp3) is 0.423. The first-order chi connectivity index (χ1) is 12.9. The molecule has 0 saturated heterocycles. The zero-order valence-corrected chi connectivity index (χ0v) is 17.2. The van der Waals surface area contributed by atoms with Crippen LogP contribution >= 0.6 is 0 Å². The number of benzene rings is 1. The summed E-state index contributed by atoms with van der Waals surface area (Å²) in [6.45, 7) is 13.1. The van der Waals surface area contributed by atoms with E-state index >= 15 is 0 Å². The minimum atomic E-state index is 0.114. The molecule has 1 heterocycles. The molecule has 0 spiro atoms. The van der Waals surface area contributed by atoms with Crippen LogP contribution in [0.15, 0.2) is 60.2 Å². The summed E-state index contributed by atoms with van der Waals surface area (Å²) in [5.74, 6) is 1.77. The lowest BCUT2D eigenvalue weighted by atomic mass is 9.84. The predicted octanol–water partition coefficient (Wildman–Crippen LogP) is 7.24. The Labute approximate surface area is 163 Å². The van der Waals surface area contributed by atoms with Crippen LogP contribution in [0.5, 0.6) is 0 Å². The van der Waals surface area contributed by atoms with Crippen molar-refractivity contribution in [1.29, 1.82) is 0 Å². The second-order valence-corrected chi connectivity index (χ2v) is 9.41. The molecule has 140 valence electrons. The number of hydrogen-bond donors (Lipinski definition) is 0. The molecular weight excluding hydrogens is 326 g/mol. The van der Waals surface area contributed by atoms with Gasteiger partial charge in [-0.2, -0.15) is 0 Å². The highest BCUT2D eigenvalue weighted by molar-refractivity contribution is 5.86. The monoisotopic (exact) mass is 357 g/mol. The smallest absolute Gasteiger partial charge is 0.0712 e. The largest absolute Gasteiger partial charge is 0.248 e. The zero-order chi connectivity index (χ0) is 19.2. The Bertz CT molecular complexity index is 952. The number of pyridine rings is 1. The van der Waals surface area contributed by atoms with E-state index in [1.807, 2.05) is 6.08 Å². The molecule has 2 aliphatic rings. The Morgan fingerprint density at radius 2 is 1.96 bits per heavy atom. The van der Waals surface area contributed by atoms with Gasteiger partial charge in [-0.3, -0.25) is 0 Å². The van der Waals surface area contributed by atoms with Crippen molar-refractivity contribution in [2.24, 2.45) is 11.8 Å². The standard InChI is InChI=1S/C26H31N/c1-6-19(14-17(2)22-16-18-10-11-20(22)15-18)24-13-12-21-23(26(3,4)5)8-7-9-25(21)27-24/h6-9,12-14,18,20H,1,10-11,15-16H2,2-5H3/b19-14+,22-17+. The Kier molecular flexibility index (Phi) is 4.58. The van der Waals surface area contributed by atoms with Gasteiger partial charge in [0.25, 0.3) is 0 Å². The first-order valence-corrected chi connectivity index (χ1v) is 10.3. The fourth-order valence-corrected chi connectivity index (χ4v) is 5.07. The van der Waals surface area contributed by atoms with Crippen molar-refractivity contribution in [1.82, 2.24) is 4.98 Å². The Morgan fingerprint density at radius 3 is 2.59 bits per heavy atom. The molecule has 1 nitrogen and oxygen atoms in total. The lowest BCUT2D eigenvalue weighted by Crippen LogP contribution is -2.11. The van der Waals surface area contributed by atoms with E-state index in [0.29, 0.717) is 0 Å². The van der Waals surface area contributed by atoms with Crippen molar-refractivity contribution in [3.05, 3.63) is 71.5 Å². The highest BCUT2D eigenvalue weighted by atomic mass is 14.7. The molecule has 2 aliphatic carbocycles. The number of rotatable bonds is 3. The Balaban J connectivity index is 1.74. The third kappa shape index (κ3) is 3.40. The maximum atomic E-state index is 4.99. The van der Waals surface area contributed by atoms with Crippen molar-refractivity contribution in [2.45, 2.75) is 58.8 Å². The molecule has 2 fully saturated rings. The number of hydrogen-bond acceptors (Lipinski definition) is 1. The van der Waals surface area contributed by atoms with E-state index < -0.39 is 0 Å². The van der Waals surface area contributed by atoms with Gasteiger partial charge in [-0.15, -0.1) is 0 Å². The SMILES string of the molecule is C=C/C(=C\C(C)=C1/CC2CCC1C2)c1ccc2c(C(C)(C)C)cccc2n1. The van der Waals surface area contributed by atoms with Gasteiger partial charge in [-0.05, 0) is 79.2 Å². The zero-order valence-electron chi connectivity index (χ0n) is 17.2. The third-order valence-corrected chi connectivity index (χ3v) is 6.48. The molecular formula is C26H31N. The van der Waals surface area contributed by atoms with Crippen LogP contribution in [0.3, 0.4) is 0 Å². The Morgan fingerprint density at radius 1 is 1.15 bits per heavy atom. The van der Waals surface area contributed by atoms with Gasteiger partial charge in [0.1, 0.15) is 0 Å². The van der Waals surface area contributed by atoms with Crippen molar-refractivity contribution < 1.29 is 0 Å². The maximum absolute atomic E-state index is 4.99. The van der Waals surface area contributed by atoms with Crippen molar-refractivity contribution in [3.8, 4) is 0 Å². The summed E-state index contributed by atoms with van der Waals surface area (Å²) in [5, 5.41) is 1.25. The van der Waals surface area contributed by atoms with Gasteiger partial charge < -0.3 is 0 Å². The van der Waals surface area contributed by atoms with Gasteiger partial charge in [0, 0.05) is 5.39 Å². The number of fused-ring (bicyclic) bond motifs is 3. The van der Waals surface area contributed by atoms with Gasteiger partial charge in [0.05, 0.1) is 11.2 Å². The molecule has 2 unspecified atom stereocenters. The van der Waals surface area contributed by atoms with E-state index in [-0.39, 0.29) is 5.41 Å². The average Bonchev–Trinajstić information content (AvgIpc) is 3.27. The highest BCUT2D eigenvalue weighted by Gasteiger charge is 2.35. The highest BCUT2D eigenvalue weighted by Crippen LogP contribution is 2.49. The third-order valence-electron chi connectivity index (χ3n) is 6.48. The van der Waals surface area contributed by atoms with E-state index in [9.17, 15) is 0 Å². The van der Waals surface area contributed by atoms with E-state index in [2.05, 4.69) is 70.7 Å². The van der Waals surface area contributed by atoms with Crippen LogP contribution in [0.25, 0.3) is 16.5 Å². The van der Waals surface area contributed by atoms with Crippen LogP contribution in [0.2, 0.25) is 0 Å². The van der Waals surface area contributed by atoms with Gasteiger partial charge >= 0.3 is 0 Å². The van der Waals surface area contributed by atoms with Crippen molar-refractivity contribution in [3.63, 3.8) is 0 Å². The van der Waals surface area contributed by atoms with Crippen molar-refractivity contribution >= 4 is 16.5 Å². The van der Waals surface area contributed by atoms with E-state index in [1.54, 1.807) is 5.57 Å². The molecule has 1 aromatic carbocycles. The molecule has 1 aromatic heterocycles. The molecule has 2 saturated carbocycles. The molecule has 0 aliphatic heterocycles. The average molecular weight is 358 g/mol. The van der Waals surface area contributed by atoms with Crippen LogP contribution in [0, 0.1) is 11.8 Å². The molecule has 2 aromatic rings. The van der Waals surface area contributed by atoms with E-state index in [4.69, 9.17) is 4.98 Å². The second kappa shape index (κ2) is 6.78.